The van der Waals surface area contributed by atoms with Crippen LogP contribution in [0.25, 0.3) is 0 Å². The third-order valence-electron chi connectivity index (χ3n) is 4.14. The quantitative estimate of drug-likeness (QED) is 0.912. The molecule has 2 N–H and O–H groups in total. The first kappa shape index (κ1) is 14.4. The molecule has 1 saturated heterocycles. The van der Waals surface area contributed by atoms with Crippen molar-refractivity contribution in [2.75, 3.05) is 13.1 Å². The van der Waals surface area contributed by atoms with E-state index in [1.54, 1.807) is 6.07 Å². The summed E-state index contributed by atoms with van der Waals surface area (Å²) in [5.41, 5.74) is 6.63. The molecule has 0 amide bonds. The van der Waals surface area contributed by atoms with E-state index in [-0.39, 0.29) is 6.04 Å². The van der Waals surface area contributed by atoms with Gasteiger partial charge in [-0.25, -0.2) is 8.78 Å². The van der Waals surface area contributed by atoms with Gasteiger partial charge in [0.25, 0.3) is 0 Å². The Balaban J connectivity index is 2.21. The van der Waals surface area contributed by atoms with Gasteiger partial charge in [-0.3, -0.25) is 4.90 Å². The summed E-state index contributed by atoms with van der Waals surface area (Å²) in [6, 6.07) is 4.49. The Morgan fingerprint density at radius 1 is 1.32 bits per heavy atom. The number of benzene rings is 1. The van der Waals surface area contributed by atoms with E-state index in [1.807, 2.05) is 0 Å². The third kappa shape index (κ3) is 3.12. The fraction of sp³-hybridized carbons (Fsp3) is 0.600. The van der Waals surface area contributed by atoms with Gasteiger partial charge in [-0.15, -0.1) is 0 Å². The number of likely N-dealkylation sites (tertiary alicyclic amines) is 1. The molecular formula is C15H22F2N2. The summed E-state index contributed by atoms with van der Waals surface area (Å²) in [6.07, 6.45) is 2.25. The van der Waals surface area contributed by atoms with E-state index in [0.717, 1.165) is 30.9 Å². The van der Waals surface area contributed by atoms with E-state index in [2.05, 4.69) is 18.7 Å². The van der Waals surface area contributed by atoms with Crippen molar-refractivity contribution in [3.05, 3.63) is 35.4 Å². The van der Waals surface area contributed by atoms with Gasteiger partial charge < -0.3 is 5.73 Å². The number of hydrogen-bond acceptors (Lipinski definition) is 2. The van der Waals surface area contributed by atoms with Gasteiger partial charge in [0.05, 0.1) is 0 Å². The van der Waals surface area contributed by atoms with Crippen molar-refractivity contribution in [3.8, 4) is 0 Å². The van der Waals surface area contributed by atoms with Crippen molar-refractivity contribution in [3.63, 3.8) is 0 Å². The van der Waals surface area contributed by atoms with Crippen molar-refractivity contribution in [1.82, 2.24) is 4.90 Å². The second-order valence-electron chi connectivity index (χ2n) is 5.64. The van der Waals surface area contributed by atoms with E-state index < -0.39 is 11.6 Å². The van der Waals surface area contributed by atoms with Crippen molar-refractivity contribution in [2.45, 2.75) is 38.8 Å². The van der Waals surface area contributed by atoms with Gasteiger partial charge in [-0.2, -0.15) is 0 Å². The maximum atomic E-state index is 13.4. The summed E-state index contributed by atoms with van der Waals surface area (Å²) in [4.78, 5) is 2.31. The summed E-state index contributed by atoms with van der Waals surface area (Å²) in [5, 5.41) is 0. The SMILES string of the molecule is CC1CCN(C(CN)c2ccc(F)c(F)c2)C(C)C1. The predicted octanol–water partition coefficient (Wildman–Crippen LogP) is 3.09. The first-order valence-corrected chi connectivity index (χ1v) is 6.93. The Morgan fingerprint density at radius 2 is 2.05 bits per heavy atom. The second-order valence-corrected chi connectivity index (χ2v) is 5.64. The number of nitrogens with zero attached hydrogens (tertiary/aromatic N) is 1. The maximum Gasteiger partial charge on any atom is 0.159 e. The lowest BCUT2D eigenvalue weighted by atomic mass is 9.90. The Hall–Kier alpha value is -1.00. The van der Waals surface area contributed by atoms with E-state index in [1.165, 1.54) is 12.1 Å². The van der Waals surface area contributed by atoms with Crippen LogP contribution in [0.2, 0.25) is 0 Å². The maximum absolute atomic E-state index is 13.4. The van der Waals surface area contributed by atoms with Crippen LogP contribution in [0.4, 0.5) is 8.78 Å². The molecule has 1 aliphatic rings. The average Bonchev–Trinajstić information content (AvgIpc) is 2.37. The molecule has 1 aliphatic heterocycles. The molecule has 2 rings (SSSR count). The molecule has 106 valence electrons. The molecule has 3 atom stereocenters. The van der Waals surface area contributed by atoms with E-state index in [4.69, 9.17) is 5.73 Å². The number of hydrogen-bond donors (Lipinski definition) is 1. The van der Waals surface area contributed by atoms with Crippen molar-refractivity contribution in [2.24, 2.45) is 11.7 Å². The fourth-order valence-corrected chi connectivity index (χ4v) is 3.07. The van der Waals surface area contributed by atoms with Crippen LogP contribution < -0.4 is 5.73 Å². The molecule has 4 heteroatoms. The molecular weight excluding hydrogens is 246 g/mol. The Labute approximate surface area is 113 Å². The summed E-state index contributed by atoms with van der Waals surface area (Å²) in [5.74, 6) is -0.886. The van der Waals surface area contributed by atoms with Gasteiger partial charge in [0, 0.05) is 18.6 Å². The van der Waals surface area contributed by atoms with Crippen molar-refractivity contribution >= 4 is 0 Å². The topological polar surface area (TPSA) is 29.3 Å². The van der Waals surface area contributed by atoms with Crippen LogP contribution in [0.3, 0.4) is 0 Å². The molecule has 0 aromatic heterocycles. The van der Waals surface area contributed by atoms with Gasteiger partial charge in [0.15, 0.2) is 11.6 Å². The summed E-state index contributed by atoms with van der Waals surface area (Å²) in [6.45, 7) is 5.81. The number of piperidine rings is 1. The van der Waals surface area contributed by atoms with Crippen LogP contribution in [0, 0.1) is 17.6 Å². The molecule has 19 heavy (non-hydrogen) atoms. The van der Waals surface area contributed by atoms with Gasteiger partial charge in [-0.05, 0) is 49.9 Å². The van der Waals surface area contributed by atoms with Gasteiger partial charge >= 0.3 is 0 Å². The second kappa shape index (κ2) is 5.97. The molecule has 1 aromatic carbocycles. The average molecular weight is 268 g/mol. The first-order chi connectivity index (χ1) is 9.02. The smallest absolute Gasteiger partial charge is 0.159 e. The molecule has 2 nitrogen and oxygen atoms in total. The van der Waals surface area contributed by atoms with Crippen LogP contribution in [-0.4, -0.2) is 24.0 Å². The number of rotatable bonds is 3. The highest BCUT2D eigenvalue weighted by atomic mass is 19.2. The predicted molar refractivity (Wildman–Crippen MR) is 72.7 cm³/mol. The zero-order valence-corrected chi connectivity index (χ0v) is 11.6. The highest BCUT2D eigenvalue weighted by Gasteiger charge is 2.29. The number of nitrogens with two attached hydrogens (primary N) is 1. The van der Waals surface area contributed by atoms with Crippen LogP contribution in [-0.2, 0) is 0 Å². The zero-order valence-electron chi connectivity index (χ0n) is 11.6. The van der Waals surface area contributed by atoms with Gasteiger partial charge in [0.1, 0.15) is 0 Å². The van der Waals surface area contributed by atoms with Crippen molar-refractivity contribution in [1.29, 1.82) is 0 Å². The number of halogens is 2. The Bertz CT molecular complexity index is 436. The molecule has 1 heterocycles. The normalized spacial score (nSPS) is 26.4. The standard InChI is InChI=1S/C15H22F2N2/c1-10-5-6-19(11(2)7-10)15(9-18)12-3-4-13(16)14(17)8-12/h3-4,8,10-11,15H,5-7,9,18H2,1-2H3. The summed E-state index contributed by atoms with van der Waals surface area (Å²) < 4.78 is 26.4. The molecule has 1 aromatic rings. The van der Waals surface area contributed by atoms with Crippen LogP contribution in [0.5, 0.6) is 0 Å². The molecule has 0 bridgehead atoms. The third-order valence-corrected chi connectivity index (χ3v) is 4.14. The van der Waals surface area contributed by atoms with Crippen molar-refractivity contribution < 1.29 is 8.78 Å². The lowest BCUT2D eigenvalue weighted by Crippen LogP contribution is -2.45. The van der Waals surface area contributed by atoms with Gasteiger partial charge in [-0.1, -0.05) is 13.0 Å². The minimum atomic E-state index is -0.806. The minimum absolute atomic E-state index is 0.0300. The highest BCUT2D eigenvalue weighted by molar-refractivity contribution is 5.22. The summed E-state index contributed by atoms with van der Waals surface area (Å²) >= 11 is 0. The lowest BCUT2D eigenvalue weighted by Gasteiger charge is -2.41. The largest absolute Gasteiger partial charge is 0.329 e. The molecule has 0 spiro atoms. The van der Waals surface area contributed by atoms with Crippen LogP contribution >= 0.6 is 0 Å². The molecule has 3 unspecified atom stereocenters. The van der Waals surface area contributed by atoms with E-state index >= 15 is 0 Å². The molecule has 0 aliphatic carbocycles. The monoisotopic (exact) mass is 268 g/mol. The van der Waals surface area contributed by atoms with Crippen LogP contribution in [0.1, 0.15) is 38.3 Å². The van der Waals surface area contributed by atoms with Crippen LogP contribution in [0.15, 0.2) is 18.2 Å². The zero-order chi connectivity index (χ0) is 14.0. The highest BCUT2D eigenvalue weighted by Crippen LogP contribution is 2.30. The molecule has 1 fully saturated rings. The van der Waals surface area contributed by atoms with E-state index in [9.17, 15) is 8.78 Å². The van der Waals surface area contributed by atoms with E-state index in [0.29, 0.717) is 12.6 Å². The summed E-state index contributed by atoms with van der Waals surface area (Å²) in [7, 11) is 0. The molecule has 0 saturated carbocycles. The fourth-order valence-electron chi connectivity index (χ4n) is 3.07. The molecule has 0 radical (unpaired) electrons. The Kier molecular flexibility index (Phi) is 4.53. The minimum Gasteiger partial charge on any atom is -0.329 e. The first-order valence-electron chi connectivity index (χ1n) is 6.93. The van der Waals surface area contributed by atoms with Gasteiger partial charge in [0.2, 0.25) is 0 Å². The Morgan fingerprint density at radius 3 is 2.63 bits per heavy atom. The lowest BCUT2D eigenvalue weighted by molar-refractivity contribution is 0.0845.